The molecule has 2 aromatic carbocycles. The molecule has 1 atom stereocenters. The van der Waals surface area contributed by atoms with Crippen molar-refractivity contribution >= 4 is 50.9 Å². The van der Waals surface area contributed by atoms with Gasteiger partial charge < -0.3 is 5.73 Å². The van der Waals surface area contributed by atoms with E-state index in [0.717, 1.165) is 9.37 Å². The molecule has 0 bridgehead atoms. The van der Waals surface area contributed by atoms with Crippen molar-refractivity contribution in [2.24, 2.45) is 0 Å². The van der Waals surface area contributed by atoms with Gasteiger partial charge in [0.05, 0.1) is 10.9 Å². The van der Waals surface area contributed by atoms with Crippen LogP contribution < -0.4 is 10.6 Å². The van der Waals surface area contributed by atoms with Crippen molar-refractivity contribution in [2.75, 3.05) is 10.6 Å². The molecule has 1 heterocycles. The predicted octanol–water partition coefficient (Wildman–Crippen LogP) is 3.46. The standard InChI is InChI=1S/C16H13BrN2O2S/c17-12-3-1-2-4-13(12)19-15(20)9-14(16(19)21)22-11-7-5-10(18)6-8-11/h1-8,14H,9,18H2. The second-order valence-electron chi connectivity index (χ2n) is 4.90. The van der Waals surface area contributed by atoms with Crippen molar-refractivity contribution < 1.29 is 9.59 Å². The van der Waals surface area contributed by atoms with Crippen LogP contribution in [0.4, 0.5) is 11.4 Å². The molecule has 1 fully saturated rings. The highest BCUT2D eigenvalue weighted by molar-refractivity contribution is 9.10. The molecule has 1 unspecified atom stereocenters. The maximum atomic E-state index is 12.6. The Morgan fingerprint density at radius 2 is 1.77 bits per heavy atom. The summed E-state index contributed by atoms with van der Waals surface area (Å²) < 4.78 is 0.731. The zero-order chi connectivity index (χ0) is 15.7. The number of hydrogen-bond donors (Lipinski definition) is 1. The van der Waals surface area contributed by atoms with Crippen LogP contribution in [0, 0.1) is 0 Å². The summed E-state index contributed by atoms with van der Waals surface area (Å²) in [7, 11) is 0. The first-order valence-electron chi connectivity index (χ1n) is 6.70. The van der Waals surface area contributed by atoms with Gasteiger partial charge >= 0.3 is 0 Å². The van der Waals surface area contributed by atoms with Gasteiger partial charge in [-0.1, -0.05) is 12.1 Å². The molecule has 2 amide bonds. The van der Waals surface area contributed by atoms with Gasteiger partial charge in [-0.05, 0) is 52.3 Å². The summed E-state index contributed by atoms with van der Waals surface area (Å²) in [6.45, 7) is 0. The summed E-state index contributed by atoms with van der Waals surface area (Å²) in [4.78, 5) is 27.0. The highest BCUT2D eigenvalue weighted by Gasteiger charge is 2.40. The summed E-state index contributed by atoms with van der Waals surface area (Å²) in [5.41, 5.74) is 6.92. The molecule has 6 heteroatoms. The minimum atomic E-state index is -0.400. The van der Waals surface area contributed by atoms with Crippen LogP contribution in [0.1, 0.15) is 6.42 Å². The number of benzene rings is 2. The number of anilines is 2. The Morgan fingerprint density at radius 1 is 1.09 bits per heavy atom. The van der Waals surface area contributed by atoms with Gasteiger partial charge in [0.1, 0.15) is 0 Å². The molecule has 0 aliphatic carbocycles. The van der Waals surface area contributed by atoms with Gasteiger partial charge in [-0.3, -0.25) is 9.59 Å². The van der Waals surface area contributed by atoms with Gasteiger partial charge in [-0.2, -0.15) is 0 Å². The molecule has 112 valence electrons. The Hall–Kier alpha value is -1.79. The number of nitrogens with two attached hydrogens (primary N) is 1. The van der Waals surface area contributed by atoms with Gasteiger partial charge in [-0.15, -0.1) is 11.8 Å². The van der Waals surface area contributed by atoms with E-state index in [4.69, 9.17) is 5.73 Å². The number of thioether (sulfide) groups is 1. The number of carbonyl (C=O) groups excluding carboxylic acids is 2. The molecule has 2 aromatic rings. The van der Waals surface area contributed by atoms with Crippen LogP contribution in [-0.2, 0) is 9.59 Å². The third-order valence-corrected chi connectivity index (χ3v) is 5.22. The first kappa shape index (κ1) is 15.1. The van der Waals surface area contributed by atoms with Crippen LogP contribution in [0.15, 0.2) is 57.9 Å². The maximum Gasteiger partial charge on any atom is 0.247 e. The summed E-state index contributed by atoms with van der Waals surface area (Å²) in [5.74, 6) is -0.358. The molecule has 4 nitrogen and oxygen atoms in total. The van der Waals surface area contributed by atoms with Crippen LogP contribution in [0.2, 0.25) is 0 Å². The van der Waals surface area contributed by atoms with E-state index in [1.54, 1.807) is 24.3 Å². The third-order valence-electron chi connectivity index (χ3n) is 3.36. The number of hydrogen-bond acceptors (Lipinski definition) is 4. The molecular formula is C16H13BrN2O2S. The van der Waals surface area contributed by atoms with Gasteiger partial charge in [0.15, 0.2) is 0 Å². The smallest absolute Gasteiger partial charge is 0.247 e. The van der Waals surface area contributed by atoms with Crippen LogP contribution in [0.25, 0.3) is 0 Å². The lowest BCUT2D eigenvalue weighted by molar-refractivity contribution is -0.121. The molecule has 22 heavy (non-hydrogen) atoms. The summed E-state index contributed by atoms with van der Waals surface area (Å²) in [6, 6.07) is 14.5. The van der Waals surface area contributed by atoms with Crippen molar-refractivity contribution in [3.8, 4) is 0 Å². The van der Waals surface area contributed by atoms with E-state index in [-0.39, 0.29) is 18.2 Å². The van der Waals surface area contributed by atoms with Gasteiger partial charge in [-0.25, -0.2) is 4.90 Å². The van der Waals surface area contributed by atoms with Crippen molar-refractivity contribution in [3.05, 3.63) is 53.0 Å². The fourth-order valence-electron chi connectivity index (χ4n) is 2.29. The summed E-state index contributed by atoms with van der Waals surface area (Å²) in [5, 5.41) is -0.400. The molecule has 1 aliphatic heterocycles. The van der Waals surface area contributed by atoms with Crippen molar-refractivity contribution in [2.45, 2.75) is 16.6 Å². The SMILES string of the molecule is Nc1ccc(SC2CC(=O)N(c3ccccc3Br)C2=O)cc1. The topological polar surface area (TPSA) is 63.4 Å². The Kier molecular flexibility index (Phi) is 4.22. The van der Waals surface area contributed by atoms with Crippen LogP contribution in [-0.4, -0.2) is 17.1 Å². The minimum absolute atomic E-state index is 0.176. The molecule has 0 radical (unpaired) electrons. The number of imide groups is 1. The third kappa shape index (κ3) is 2.89. The summed E-state index contributed by atoms with van der Waals surface area (Å²) in [6.07, 6.45) is 0.204. The van der Waals surface area contributed by atoms with E-state index in [9.17, 15) is 9.59 Å². The average Bonchev–Trinajstić information content (AvgIpc) is 2.77. The van der Waals surface area contributed by atoms with Gasteiger partial charge in [0, 0.05) is 21.5 Å². The van der Waals surface area contributed by atoms with Crippen LogP contribution >= 0.6 is 27.7 Å². The average molecular weight is 377 g/mol. The number of para-hydroxylation sites is 1. The number of rotatable bonds is 3. The van der Waals surface area contributed by atoms with E-state index in [2.05, 4.69) is 15.9 Å². The van der Waals surface area contributed by atoms with E-state index < -0.39 is 5.25 Å². The summed E-state index contributed by atoms with van der Waals surface area (Å²) >= 11 is 4.78. The number of nitrogens with zero attached hydrogens (tertiary/aromatic N) is 1. The Morgan fingerprint density at radius 3 is 2.45 bits per heavy atom. The largest absolute Gasteiger partial charge is 0.399 e. The fourth-order valence-corrected chi connectivity index (χ4v) is 3.81. The number of amides is 2. The van der Waals surface area contributed by atoms with Crippen LogP contribution in [0.3, 0.4) is 0 Å². The first-order chi connectivity index (χ1) is 10.6. The van der Waals surface area contributed by atoms with E-state index >= 15 is 0 Å². The molecule has 1 aliphatic rings. The van der Waals surface area contributed by atoms with Gasteiger partial charge in [0.25, 0.3) is 0 Å². The lowest BCUT2D eigenvalue weighted by Gasteiger charge is -2.16. The minimum Gasteiger partial charge on any atom is -0.399 e. The highest BCUT2D eigenvalue weighted by atomic mass is 79.9. The van der Waals surface area contributed by atoms with Crippen molar-refractivity contribution in [1.29, 1.82) is 0 Å². The molecule has 2 N–H and O–H groups in total. The zero-order valence-corrected chi connectivity index (χ0v) is 13.9. The Bertz CT molecular complexity index is 733. The number of carbonyl (C=O) groups is 2. The number of halogens is 1. The molecule has 1 saturated heterocycles. The van der Waals surface area contributed by atoms with E-state index in [1.807, 2.05) is 24.3 Å². The second kappa shape index (κ2) is 6.14. The maximum absolute atomic E-state index is 12.6. The second-order valence-corrected chi connectivity index (χ2v) is 7.03. The monoisotopic (exact) mass is 376 g/mol. The zero-order valence-electron chi connectivity index (χ0n) is 11.5. The number of nitrogen functional groups attached to an aromatic ring is 1. The van der Waals surface area contributed by atoms with Crippen molar-refractivity contribution in [3.63, 3.8) is 0 Å². The molecule has 0 saturated carbocycles. The van der Waals surface area contributed by atoms with E-state index in [1.165, 1.54) is 16.7 Å². The lowest BCUT2D eigenvalue weighted by atomic mass is 10.3. The molecule has 0 aromatic heterocycles. The lowest BCUT2D eigenvalue weighted by Crippen LogP contribution is -2.31. The highest BCUT2D eigenvalue weighted by Crippen LogP contribution is 2.36. The molecular weight excluding hydrogens is 364 g/mol. The van der Waals surface area contributed by atoms with Crippen molar-refractivity contribution in [1.82, 2.24) is 0 Å². The molecule has 3 rings (SSSR count). The fraction of sp³-hybridized carbons (Fsp3) is 0.125. The Balaban J connectivity index is 1.82. The Labute approximate surface area is 140 Å². The van der Waals surface area contributed by atoms with Crippen LogP contribution in [0.5, 0.6) is 0 Å². The predicted molar refractivity (Wildman–Crippen MR) is 91.8 cm³/mol. The molecule has 0 spiro atoms. The van der Waals surface area contributed by atoms with E-state index in [0.29, 0.717) is 11.4 Å². The normalized spacial score (nSPS) is 18.0. The quantitative estimate of drug-likeness (QED) is 0.657. The first-order valence-corrected chi connectivity index (χ1v) is 8.37. The van der Waals surface area contributed by atoms with Gasteiger partial charge in [0.2, 0.25) is 11.8 Å².